The van der Waals surface area contributed by atoms with Gasteiger partial charge in [0.05, 0.1) is 0 Å². The summed E-state index contributed by atoms with van der Waals surface area (Å²) in [5, 5.41) is 2.56. The largest absolute Gasteiger partial charge is 0.347 e. The highest BCUT2D eigenvalue weighted by molar-refractivity contribution is 6.35. The maximum Gasteiger partial charge on any atom is 0.287 e. The first-order valence-corrected chi connectivity index (χ1v) is 5.93. The van der Waals surface area contributed by atoms with E-state index in [1.165, 1.54) is 19.8 Å². The monoisotopic (exact) mass is 215 g/mol. The van der Waals surface area contributed by atoms with E-state index in [0.29, 0.717) is 6.04 Å². The second-order valence-corrected chi connectivity index (χ2v) is 3.30. The van der Waals surface area contributed by atoms with Crippen molar-refractivity contribution in [2.75, 3.05) is 0 Å². The van der Waals surface area contributed by atoms with Crippen molar-refractivity contribution < 1.29 is 9.59 Å². The van der Waals surface area contributed by atoms with Gasteiger partial charge in [0.15, 0.2) is 0 Å². The maximum absolute atomic E-state index is 10.5. The standard InChI is InChI=1S/C6H9NO2.C4H10.C2H6/c1-4(8)6(9)7-5-2-3-5;1-3-4-2;1-2/h5H,2-3H2,1H3,(H,7,9);3-4H2,1-2H3;1-2H3. The minimum Gasteiger partial charge on any atom is -0.347 e. The lowest BCUT2D eigenvalue weighted by molar-refractivity contribution is -0.136. The molecule has 0 heterocycles. The third-order valence-corrected chi connectivity index (χ3v) is 1.73. The molecule has 1 amide bonds. The minimum atomic E-state index is -0.447. The van der Waals surface area contributed by atoms with Crippen LogP contribution in [0.4, 0.5) is 0 Å². The first-order valence-electron chi connectivity index (χ1n) is 5.93. The second kappa shape index (κ2) is 11.2. The average molecular weight is 215 g/mol. The van der Waals surface area contributed by atoms with E-state index < -0.39 is 11.7 Å². The Bertz CT molecular complexity index is 172. The lowest BCUT2D eigenvalue weighted by Crippen LogP contribution is -2.30. The Morgan fingerprint density at radius 1 is 1.13 bits per heavy atom. The molecule has 0 saturated heterocycles. The van der Waals surface area contributed by atoms with E-state index in [2.05, 4.69) is 19.2 Å². The van der Waals surface area contributed by atoms with Crippen LogP contribution in [0.5, 0.6) is 0 Å². The van der Waals surface area contributed by atoms with Gasteiger partial charge in [-0.25, -0.2) is 0 Å². The smallest absolute Gasteiger partial charge is 0.287 e. The Labute approximate surface area is 93.6 Å². The minimum absolute atomic E-state index is 0.293. The van der Waals surface area contributed by atoms with Crippen LogP contribution >= 0.6 is 0 Å². The lowest BCUT2D eigenvalue weighted by atomic mass is 10.4. The molecule has 0 aromatic carbocycles. The van der Waals surface area contributed by atoms with Crippen LogP contribution in [0.1, 0.15) is 60.3 Å². The number of carbonyl (C=O) groups excluding carboxylic acids is 2. The zero-order valence-electron chi connectivity index (χ0n) is 10.7. The number of hydrogen-bond acceptors (Lipinski definition) is 2. The highest BCUT2D eigenvalue weighted by Crippen LogP contribution is 2.18. The maximum atomic E-state index is 10.5. The van der Waals surface area contributed by atoms with Crippen molar-refractivity contribution in [2.24, 2.45) is 0 Å². The second-order valence-electron chi connectivity index (χ2n) is 3.30. The lowest BCUT2D eigenvalue weighted by Gasteiger charge is -1.95. The molecule has 0 aromatic heterocycles. The van der Waals surface area contributed by atoms with Gasteiger partial charge in [-0.05, 0) is 12.8 Å². The number of amides is 1. The van der Waals surface area contributed by atoms with Crippen molar-refractivity contribution in [3.05, 3.63) is 0 Å². The van der Waals surface area contributed by atoms with Crippen LogP contribution in [-0.4, -0.2) is 17.7 Å². The van der Waals surface area contributed by atoms with E-state index in [1.807, 2.05) is 13.8 Å². The Morgan fingerprint density at radius 2 is 1.53 bits per heavy atom. The number of hydrogen-bond donors (Lipinski definition) is 1. The Balaban J connectivity index is 0. The molecule has 1 rings (SSSR count). The summed E-state index contributed by atoms with van der Waals surface area (Å²) in [7, 11) is 0. The predicted molar refractivity (Wildman–Crippen MR) is 63.8 cm³/mol. The van der Waals surface area contributed by atoms with Crippen molar-refractivity contribution in [3.8, 4) is 0 Å². The highest BCUT2D eigenvalue weighted by Gasteiger charge is 2.24. The quantitative estimate of drug-likeness (QED) is 0.736. The molecule has 1 N–H and O–H groups in total. The first kappa shape index (κ1) is 16.6. The fraction of sp³-hybridized carbons (Fsp3) is 0.833. The summed E-state index contributed by atoms with van der Waals surface area (Å²) in [5.74, 6) is -0.848. The normalized spacial score (nSPS) is 12.6. The molecule has 90 valence electrons. The number of nitrogens with one attached hydrogen (secondary N) is 1. The van der Waals surface area contributed by atoms with Gasteiger partial charge >= 0.3 is 0 Å². The van der Waals surface area contributed by atoms with E-state index in [1.54, 1.807) is 0 Å². The molecule has 1 aliphatic rings. The molecule has 0 bridgehead atoms. The van der Waals surface area contributed by atoms with E-state index in [-0.39, 0.29) is 0 Å². The molecule has 1 fully saturated rings. The van der Waals surface area contributed by atoms with Gasteiger partial charge in [-0.2, -0.15) is 0 Å². The summed E-state index contributed by atoms with van der Waals surface area (Å²) in [6.07, 6.45) is 4.69. The zero-order chi connectivity index (χ0) is 12.3. The van der Waals surface area contributed by atoms with Crippen molar-refractivity contribution in [1.29, 1.82) is 0 Å². The van der Waals surface area contributed by atoms with E-state index >= 15 is 0 Å². The van der Waals surface area contributed by atoms with Crippen LogP contribution in [0.15, 0.2) is 0 Å². The summed E-state index contributed by atoms with van der Waals surface area (Å²) in [5.41, 5.74) is 0. The highest BCUT2D eigenvalue weighted by atomic mass is 16.2. The molecule has 0 atom stereocenters. The molecule has 15 heavy (non-hydrogen) atoms. The molecule has 3 nitrogen and oxygen atoms in total. The van der Waals surface area contributed by atoms with Gasteiger partial charge in [-0.3, -0.25) is 9.59 Å². The van der Waals surface area contributed by atoms with Gasteiger partial charge in [-0.15, -0.1) is 0 Å². The van der Waals surface area contributed by atoms with Crippen LogP contribution in [0.2, 0.25) is 0 Å². The van der Waals surface area contributed by atoms with Crippen LogP contribution in [0.25, 0.3) is 0 Å². The Kier molecular flexibility index (Phi) is 12.4. The number of unbranched alkanes of at least 4 members (excludes halogenated alkanes) is 1. The van der Waals surface area contributed by atoms with E-state index in [0.717, 1.165) is 12.8 Å². The molecule has 3 heteroatoms. The van der Waals surface area contributed by atoms with Gasteiger partial charge < -0.3 is 5.32 Å². The molecular weight excluding hydrogens is 190 g/mol. The van der Waals surface area contributed by atoms with Gasteiger partial charge in [0.25, 0.3) is 5.91 Å². The molecule has 0 aromatic rings. The average Bonchev–Trinajstić information content (AvgIpc) is 3.05. The number of Topliss-reactive ketones (excluding diaryl/α,β-unsaturated/α-hetero) is 1. The van der Waals surface area contributed by atoms with E-state index in [9.17, 15) is 9.59 Å². The molecule has 0 spiro atoms. The van der Waals surface area contributed by atoms with Gasteiger partial charge in [0.1, 0.15) is 0 Å². The summed E-state index contributed by atoms with van der Waals surface area (Å²) in [4.78, 5) is 20.8. The molecule has 1 saturated carbocycles. The zero-order valence-corrected chi connectivity index (χ0v) is 10.7. The van der Waals surface area contributed by atoms with Crippen molar-refractivity contribution in [3.63, 3.8) is 0 Å². The fourth-order valence-corrected chi connectivity index (χ4v) is 0.515. The van der Waals surface area contributed by atoms with Gasteiger partial charge in [-0.1, -0.05) is 40.5 Å². The molecule has 0 aliphatic heterocycles. The predicted octanol–water partition coefficient (Wildman–Crippen LogP) is 2.69. The van der Waals surface area contributed by atoms with Crippen LogP contribution in [-0.2, 0) is 9.59 Å². The summed E-state index contributed by atoms with van der Waals surface area (Å²) in [6, 6.07) is 0.293. The topological polar surface area (TPSA) is 46.2 Å². The third kappa shape index (κ3) is 13.1. The molecule has 0 radical (unpaired) electrons. The summed E-state index contributed by atoms with van der Waals surface area (Å²) < 4.78 is 0. The van der Waals surface area contributed by atoms with Gasteiger partial charge in [0, 0.05) is 13.0 Å². The first-order chi connectivity index (χ1) is 7.11. The van der Waals surface area contributed by atoms with Crippen molar-refractivity contribution in [1.82, 2.24) is 5.32 Å². The van der Waals surface area contributed by atoms with Crippen LogP contribution < -0.4 is 5.32 Å². The third-order valence-electron chi connectivity index (χ3n) is 1.73. The Hall–Kier alpha value is -0.860. The summed E-state index contributed by atoms with van der Waals surface area (Å²) in [6.45, 7) is 9.64. The van der Waals surface area contributed by atoms with E-state index in [4.69, 9.17) is 0 Å². The SMILES string of the molecule is CC.CC(=O)C(=O)NC1CC1.CCCC. The van der Waals surface area contributed by atoms with Crippen molar-refractivity contribution >= 4 is 11.7 Å². The fourth-order valence-electron chi connectivity index (χ4n) is 0.515. The summed E-state index contributed by atoms with van der Waals surface area (Å²) >= 11 is 0. The van der Waals surface area contributed by atoms with Crippen LogP contribution in [0, 0.1) is 0 Å². The van der Waals surface area contributed by atoms with Gasteiger partial charge in [0.2, 0.25) is 5.78 Å². The molecule has 0 unspecified atom stereocenters. The number of rotatable bonds is 3. The number of ketones is 1. The molecular formula is C12H25NO2. The van der Waals surface area contributed by atoms with Crippen LogP contribution in [0.3, 0.4) is 0 Å². The Morgan fingerprint density at radius 3 is 1.73 bits per heavy atom. The molecule has 1 aliphatic carbocycles. The van der Waals surface area contributed by atoms with Crippen molar-refractivity contribution in [2.45, 2.75) is 66.3 Å². The number of carbonyl (C=O) groups is 2.